The summed E-state index contributed by atoms with van der Waals surface area (Å²) >= 11 is 2.06. The summed E-state index contributed by atoms with van der Waals surface area (Å²) in [6, 6.07) is 6.92. The van der Waals surface area contributed by atoms with E-state index in [0.29, 0.717) is 5.56 Å². The maximum atomic E-state index is 11.7. The first-order valence-corrected chi connectivity index (χ1v) is 4.61. The predicted octanol–water partition coefficient (Wildman–Crippen LogP) is 2.90. The fourth-order valence-corrected chi connectivity index (χ4v) is 1.46. The molecule has 0 fully saturated rings. The van der Waals surface area contributed by atoms with E-state index >= 15 is 0 Å². The molecule has 1 aromatic rings. The maximum Gasteiger partial charge on any atom is 0.457 e. The number of halogens is 4. The second-order valence-corrected chi connectivity index (χ2v) is 3.73. The van der Waals surface area contributed by atoms with Crippen LogP contribution in [-0.2, 0) is 6.54 Å². The molecule has 0 amide bonds. The quantitative estimate of drug-likeness (QED) is 0.654. The Hall–Kier alpha value is -0.300. The van der Waals surface area contributed by atoms with Gasteiger partial charge in [0.2, 0.25) is 0 Å². The molecule has 0 aromatic heterocycles. The maximum absolute atomic E-state index is 11.7. The molecule has 0 radical (unpaired) electrons. The van der Waals surface area contributed by atoms with Gasteiger partial charge in [0.1, 0.15) is 0 Å². The Morgan fingerprint density at radius 1 is 1.31 bits per heavy atom. The van der Waals surface area contributed by atoms with Crippen LogP contribution < -0.4 is 5.32 Å². The summed E-state index contributed by atoms with van der Waals surface area (Å²) in [6.07, 6.45) is -4.30. The molecule has 0 bridgehead atoms. The van der Waals surface area contributed by atoms with Gasteiger partial charge in [-0.15, -0.1) is 0 Å². The first kappa shape index (κ1) is 10.8. The highest BCUT2D eigenvalue weighted by Crippen LogP contribution is 2.12. The number of alkyl halides is 3. The van der Waals surface area contributed by atoms with E-state index in [2.05, 4.69) is 22.6 Å². The molecule has 1 N–H and O–H groups in total. The molecule has 0 unspecified atom stereocenters. The lowest BCUT2D eigenvalue weighted by Crippen LogP contribution is -2.30. The number of benzene rings is 1. The number of nitrogens with one attached hydrogen (secondary N) is 1. The molecule has 0 aliphatic heterocycles. The molecule has 0 aliphatic carbocycles. The highest BCUT2D eigenvalue weighted by atomic mass is 127. The number of rotatable bonds is 2. The van der Waals surface area contributed by atoms with Crippen molar-refractivity contribution in [3.05, 3.63) is 33.4 Å². The van der Waals surface area contributed by atoms with Gasteiger partial charge in [0, 0.05) is 10.1 Å². The van der Waals surface area contributed by atoms with E-state index in [1.165, 1.54) is 5.32 Å². The second-order valence-electron chi connectivity index (χ2n) is 2.48. The minimum Gasteiger partial charge on any atom is -0.224 e. The average Bonchev–Trinajstić information content (AvgIpc) is 2.00. The van der Waals surface area contributed by atoms with Gasteiger partial charge in [0.25, 0.3) is 0 Å². The smallest absolute Gasteiger partial charge is 0.224 e. The minimum absolute atomic E-state index is 0.180. The molecule has 5 heteroatoms. The third-order valence-corrected chi connectivity index (χ3v) is 2.05. The molecule has 0 aliphatic rings. The van der Waals surface area contributed by atoms with Crippen molar-refractivity contribution in [3.8, 4) is 0 Å². The van der Waals surface area contributed by atoms with Gasteiger partial charge >= 0.3 is 6.30 Å². The summed E-state index contributed by atoms with van der Waals surface area (Å²) in [6.45, 7) is -0.180. The third kappa shape index (κ3) is 4.47. The number of hydrogen-bond donors (Lipinski definition) is 1. The van der Waals surface area contributed by atoms with Gasteiger partial charge in [0.15, 0.2) is 0 Å². The Balaban J connectivity index is 2.55. The fourth-order valence-electron chi connectivity index (χ4n) is 0.849. The largest absolute Gasteiger partial charge is 0.457 e. The van der Waals surface area contributed by atoms with Gasteiger partial charge in [-0.3, -0.25) is 0 Å². The van der Waals surface area contributed by atoms with Crippen LogP contribution in [0.3, 0.4) is 0 Å². The highest BCUT2D eigenvalue weighted by Gasteiger charge is 2.25. The lowest BCUT2D eigenvalue weighted by Gasteiger charge is -2.08. The Labute approximate surface area is 87.5 Å². The third-order valence-electron chi connectivity index (χ3n) is 1.38. The van der Waals surface area contributed by atoms with Gasteiger partial charge in [-0.1, -0.05) is 12.1 Å². The van der Waals surface area contributed by atoms with Crippen molar-refractivity contribution in [1.82, 2.24) is 5.32 Å². The summed E-state index contributed by atoms with van der Waals surface area (Å²) in [5.41, 5.74) is 0.629. The molecule has 0 spiro atoms. The van der Waals surface area contributed by atoms with Gasteiger partial charge in [0.05, 0.1) is 0 Å². The summed E-state index contributed by atoms with van der Waals surface area (Å²) in [5, 5.41) is 1.46. The monoisotopic (exact) mass is 301 g/mol. The lowest BCUT2D eigenvalue weighted by molar-refractivity contribution is -0.158. The first-order valence-electron chi connectivity index (χ1n) is 3.53. The second kappa shape index (κ2) is 4.28. The molecule has 0 saturated carbocycles. The van der Waals surface area contributed by atoms with E-state index in [0.717, 1.165) is 3.57 Å². The fraction of sp³-hybridized carbons (Fsp3) is 0.250. The molecule has 0 saturated heterocycles. The van der Waals surface area contributed by atoms with Crippen molar-refractivity contribution in [1.29, 1.82) is 0 Å². The van der Waals surface area contributed by atoms with Crippen LogP contribution in [0.2, 0.25) is 0 Å². The summed E-state index contributed by atoms with van der Waals surface area (Å²) in [4.78, 5) is 0. The highest BCUT2D eigenvalue weighted by molar-refractivity contribution is 14.1. The lowest BCUT2D eigenvalue weighted by atomic mass is 10.2. The molecule has 1 rings (SSSR count). The Morgan fingerprint density at radius 2 is 2.00 bits per heavy atom. The van der Waals surface area contributed by atoms with Crippen LogP contribution in [0.25, 0.3) is 0 Å². The van der Waals surface area contributed by atoms with Crippen molar-refractivity contribution in [2.24, 2.45) is 0 Å². The van der Waals surface area contributed by atoms with Crippen LogP contribution in [-0.4, -0.2) is 6.30 Å². The SMILES string of the molecule is FC(F)(F)NCc1cccc(I)c1. The van der Waals surface area contributed by atoms with E-state index in [1.807, 2.05) is 6.07 Å². The van der Waals surface area contributed by atoms with E-state index in [1.54, 1.807) is 18.2 Å². The molecular weight excluding hydrogens is 294 g/mol. The molecule has 1 aromatic carbocycles. The van der Waals surface area contributed by atoms with Crippen molar-refractivity contribution < 1.29 is 13.2 Å². The minimum atomic E-state index is -4.30. The van der Waals surface area contributed by atoms with Crippen LogP contribution in [0.5, 0.6) is 0 Å². The molecule has 72 valence electrons. The Kier molecular flexibility index (Phi) is 3.55. The van der Waals surface area contributed by atoms with Crippen LogP contribution in [0.4, 0.5) is 13.2 Å². The summed E-state index contributed by atoms with van der Waals surface area (Å²) in [7, 11) is 0. The van der Waals surface area contributed by atoms with Crippen molar-refractivity contribution >= 4 is 22.6 Å². The summed E-state index contributed by atoms with van der Waals surface area (Å²) in [5.74, 6) is 0. The predicted molar refractivity (Wildman–Crippen MR) is 52.1 cm³/mol. The molecule has 0 heterocycles. The topological polar surface area (TPSA) is 12.0 Å². The molecule has 13 heavy (non-hydrogen) atoms. The van der Waals surface area contributed by atoms with E-state index < -0.39 is 6.30 Å². The number of hydrogen-bond acceptors (Lipinski definition) is 1. The van der Waals surface area contributed by atoms with Crippen molar-refractivity contribution in [2.75, 3.05) is 0 Å². The Morgan fingerprint density at radius 3 is 2.54 bits per heavy atom. The van der Waals surface area contributed by atoms with Crippen LogP contribution in [0.15, 0.2) is 24.3 Å². The van der Waals surface area contributed by atoms with E-state index in [-0.39, 0.29) is 6.54 Å². The van der Waals surface area contributed by atoms with Crippen LogP contribution in [0.1, 0.15) is 5.56 Å². The molecule has 0 atom stereocenters. The normalized spacial score (nSPS) is 11.7. The van der Waals surface area contributed by atoms with Crippen molar-refractivity contribution in [2.45, 2.75) is 12.8 Å². The Bertz CT molecular complexity index is 285. The van der Waals surface area contributed by atoms with Crippen molar-refractivity contribution in [3.63, 3.8) is 0 Å². The van der Waals surface area contributed by atoms with Gasteiger partial charge < -0.3 is 0 Å². The van der Waals surface area contributed by atoms with Crippen LogP contribution >= 0.6 is 22.6 Å². The van der Waals surface area contributed by atoms with Gasteiger partial charge in [-0.2, -0.15) is 13.2 Å². The van der Waals surface area contributed by atoms with Gasteiger partial charge in [-0.05, 0) is 40.3 Å². The van der Waals surface area contributed by atoms with Gasteiger partial charge in [-0.25, -0.2) is 5.32 Å². The zero-order chi connectivity index (χ0) is 9.90. The van der Waals surface area contributed by atoms with E-state index in [9.17, 15) is 13.2 Å². The van der Waals surface area contributed by atoms with Crippen LogP contribution in [0, 0.1) is 3.57 Å². The first-order chi connectivity index (χ1) is 5.97. The molecular formula is C8H7F3IN. The van der Waals surface area contributed by atoms with E-state index in [4.69, 9.17) is 0 Å². The standard InChI is InChI=1S/C8H7F3IN/c9-8(10,11)13-5-6-2-1-3-7(12)4-6/h1-4,13H,5H2. The molecule has 1 nitrogen and oxygen atoms in total. The zero-order valence-electron chi connectivity index (χ0n) is 6.53. The zero-order valence-corrected chi connectivity index (χ0v) is 8.69. The summed E-state index contributed by atoms with van der Waals surface area (Å²) < 4.78 is 36.1. The average molecular weight is 301 g/mol.